The van der Waals surface area contributed by atoms with Crippen LogP contribution in [0, 0.1) is 20.8 Å². The van der Waals surface area contributed by atoms with Crippen molar-refractivity contribution in [2.45, 2.75) is 27.3 Å². The third kappa shape index (κ3) is 2.62. The van der Waals surface area contributed by atoms with Gasteiger partial charge in [-0.15, -0.1) is 0 Å². The van der Waals surface area contributed by atoms with Gasteiger partial charge < -0.3 is 10.3 Å². The van der Waals surface area contributed by atoms with Crippen molar-refractivity contribution in [3.63, 3.8) is 0 Å². The monoisotopic (exact) mass is 292 g/mol. The molecule has 1 heterocycles. The molecule has 0 spiro atoms. The SMILES string of the molecule is Cc1ccccc1NCc1cc2ccc(C)c(C)c2[nH]c1=O. The molecule has 0 aliphatic heterocycles. The highest BCUT2D eigenvalue weighted by atomic mass is 16.1. The van der Waals surface area contributed by atoms with Crippen molar-refractivity contribution >= 4 is 16.6 Å². The Balaban J connectivity index is 1.95. The molecule has 0 saturated heterocycles. The zero-order valence-electron chi connectivity index (χ0n) is 13.2. The van der Waals surface area contributed by atoms with E-state index in [4.69, 9.17) is 0 Å². The average Bonchev–Trinajstić information content (AvgIpc) is 2.51. The summed E-state index contributed by atoms with van der Waals surface area (Å²) < 4.78 is 0. The van der Waals surface area contributed by atoms with Crippen LogP contribution in [-0.2, 0) is 6.54 Å². The summed E-state index contributed by atoms with van der Waals surface area (Å²) in [7, 11) is 0. The molecule has 0 bridgehead atoms. The molecule has 112 valence electrons. The van der Waals surface area contributed by atoms with Gasteiger partial charge in [-0.25, -0.2) is 0 Å². The number of aromatic amines is 1. The molecule has 0 aliphatic carbocycles. The van der Waals surface area contributed by atoms with Crippen LogP contribution in [0.4, 0.5) is 5.69 Å². The molecule has 0 atom stereocenters. The van der Waals surface area contributed by atoms with E-state index in [2.05, 4.69) is 42.3 Å². The van der Waals surface area contributed by atoms with E-state index in [0.29, 0.717) is 6.54 Å². The molecule has 0 amide bonds. The van der Waals surface area contributed by atoms with Crippen LogP contribution in [0.15, 0.2) is 47.3 Å². The number of para-hydroxylation sites is 1. The summed E-state index contributed by atoms with van der Waals surface area (Å²) in [5.41, 5.74) is 6.21. The number of aromatic nitrogens is 1. The van der Waals surface area contributed by atoms with Crippen LogP contribution in [0.3, 0.4) is 0 Å². The summed E-state index contributed by atoms with van der Waals surface area (Å²) in [6.45, 7) is 6.67. The fraction of sp³-hybridized carbons (Fsp3) is 0.211. The zero-order valence-corrected chi connectivity index (χ0v) is 13.2. The maximum absolute atomic E-state index is 12.3. The summed E-state index contributed by atoms with van der Waals surface area (Å²) in [6.07, 6.45) is 0. The predicted molar refractivity (Wildman–Crippen MR) is 92.5 cm³/mol. The van der Waals surface area contributed by atoms with Crippen LogP contribution >= 0.6 is 0 Å². The van der Waals surface area contributed by atoms with E-state index in [1.165, 1.54) is 11.1 Å². The van der Waals surface area contributed by atoms with Gasteiger partial charge >= 0.3 is 0 Å². The van der Waals surface area contributed by atoms with Crippen LogP contribution < -0.4 is 10.9 Å². The highest BCUT2D eigenvalue weighted by Gasteiger charge is 2.06. The molecule has 3 aromatic rings. The molecule has 2 aromatic carbocycles. The lowest BCUT2D eigenvalue weighted by Gasteiger charge is -2.11. The van der Waals surface area contributed by atoms with Crippen LogP contribution in [0.2, 0.25) is 0 Å². The number of hydrogen-bond acceptors (Lipinski definition) is 2. The van der Waals surface area contributed by atoms with Gasteiger partial charge in [0.2, 0.25) is 0 Å². The number of fused-ring (bicyclic) bond motifs is 1. The Hall–Kier alpha value is -2.55. The Kier molecular flexibility index (Phi) is 3.72. The van der Waals surface area contributed by atoms with Gasteiger partial charge in [-0.3, -0.25) is 4.79 Å². The standard InChI is InChI=1S/C19H20N2O/c1-12-8-9-15-10-16(19(22)21-18(15)14(12)3)11-20-17-7-5-4-6-13(17)2/h4-10,20H,11H2,1-3H3,(H,21,22). The molecule has 0 saturated carbocycles. The van der Waals surface area contributed by atoms with Crippen molar-refractivity contribution in [1.29, 1.82) is 0 Å². The van der Waals surface area contributed by atoms with Gasteiger partial charge in [-0.05, 0) is 55.0 Å². The lowest BCUT2D eigenvalue weighted by atomic mass is 10.0. The van der Waals surface area contributed by atoms with Gasteiger partial charge in [0.05, 0.1) is 5.52 Å². The summed E-state index contributed by atoms with van der Waals surface area (Å²) in [5.74, 6) is 0. The molecule has 1 aromatic heterocycles. The van der Waals surface area contributed by atoms with Gasteiger partial charge in [0.25, 0.3) is 5.56 Å². The van der Waals surface area contributed by atoms with E-state index in [0.717, 1.165) is 27.7 Å². The van der Waals surface area contributed by atoms with E-state index >= 15 is 0 Å². The van der Waals surface area contributed by atoms with E-state index in [1.807, 2.05) is 31.2 Å². The number of benzene rings is 2. The minimum absolute atomic E-state index is 0.0257. The van der Waals surface area contributed by atoms with Crippen LogP contribution in [-0.4, -0.2) is 4.98 Å². The van der Waals surface area contributed by atoms with Crippen molar-refractivity contribution < 1.29 is 0 Å². The van der Waals surface area contributed by atoms with Crippen molar-refractivity contribution in [1.82, 2.24) is 4.98 Å². The van der Waals surface area contributed by atoms with Gasteiger partial charge in [-0.2, -0.15) is 0 Å². The smallest absolute Gasteiger partial charge is 0.253 e. The third-order valence-electron chi connectivity index (χ3n) is 4.24. The Bertz CT molecular complexity index is 894. The first-order chi connectivity index (χ1) is 10.6. The van der Waals surface area contributed by atoms with Gasteiger partial charge in [0.1, 0.15) is 0 Å². The van der Waals surface area contributed by atoms with Gasteiger partial charge in [0.15, 0.2) is 0 Å². The Labute approximate surface area is 130 Å². The molecular formula is C19H20N2O. The number of pyridine rings is 1. The average molecular weight is 292 g/mol. The maximum Gasteiger partial charge on any atom is 0.253 e. The number of H-pyrrole nitrogens is 1. The second-order valence-corrected chi connectivity index (χ2v) is 5.76. The zero-order chi connectivity index (χ0) is 15.7. The van der Waals surface area contributed by atoms with E-state index < -0.39 is 0 Å². The normalized spacial score (nSPS) is 10.9. The van der Waals surface area contributed by atoms with E-state index in [1.54, 1.807) is 0 Å². The first-order valence-electron chi connectivity index (χ1n) is 7.48. The third-order valence-corrected chi connectivity index (χ3v) is 4.24. The van der Waals surface area contributed by atoms with E-state index in [-0.39, 0.29) is 5.56 Å². The molecular weight excluding hydrogens is 272 g/mol. The van der Waals surface area contributed by atoms with Crippen LogP contribution in [0.5, 0.6) is 0 Å². The number of anilines is 1. The first-order valence-corrected chi connectivity index (χ1v) is 7.48. The maximum atomic E-state index is 12.3. The van der Waals surface area contributed by atoms with Crippen LogP contribution in [0.1, 0.15) is 22.3 Å². The topological polar surface area (TPSA) is 44.9 Å². The lowest BCUT2D eigenvalue weighted by Crippen LogP contribution is -2.16. The molecule has 3 heteroatoms. The van der Waals surface area contributed by atoms with Gasteiger partial charge in [0, 0.05) is 17.8 Å². The Morgan fingerprint density at radius 2 is 1.77 bits per heavy atom. The molecule has 0 aliphatic rings. The lowest BCUT2D eigenvalue weighted by molar-refractivity contribution is 1.08. The molecule has 0 fully saturated rings. The largest absolute Gasteiger partial charge is 0.381 e. The fourth-order valence-electron chi connectivity index (χ4n) is 2.66. The van der Waals surface area contributed by atoms with Crippen LogP contribution in [0.25, 0.3) is 10.9 Å². The van der Waals surface area contributed by atoms with Crippen molar-refractivity contribution in [2.75, 3.05) is 5.32 Å². The minimum atomic E-state index is -0.0257. The minimum Gasteiger partial charge on any atom is -0.381 e. The number of rotatable bonds is 3. The fourth-order valence-corrected chi connectivity index (χ4v) is 2.66. The number of hydrogen-bond donors (Lipinski definition) is 2. The van der Waals surface area contributed by atoms with E-state index in [9.17, 15) is 4.79 Å². The molecule has 0 radical (unpaired) electrons. The van der Waals surface area contributed by atoms with Crippen molar-refractivity contribution in [3.8, 4) is 0 Å². The molecule has 2 N–H and O–H groups in total. The summed E-state index contributed by atoms with van der Waals surface area (Å²) in [5, 5.41) is 4.41. The summed E-state index contributed by atoms with van der Waals surface area (Å²) in [4.78, 5) is 15.3. The first kappa shape index (κ1) is 14.4. The highest BCUT2D eigenvalue weighted by molar-refractivity contribution is 5.83. The number of aryl methyl sites for hydroxylation is 3. The predicted octanol–water partition coefficient (Wildman–Crippen LogP) is 4.07. The summed E-state index contributed by atoms with van der Waals surface area (Å²) in [6, 6.07) is 14.2. The second kappa shape index (κ2) is 5.68. The molecule has 0 unspecified atom stereocenters. The quantitative estimate of drug-likeness (QED) is 0.764. The van der Waals surface area contributed by atoms with Crippen molar-refractivity contribution in [3.05, 3.63) is 75.1 Å². The molecule has 3 nitrogen and oxygen atoms in total. The molecule has 22 heavy (non-hydrogen) atoms. The Morgan fingerprint density at radius 3 is 2.55 bits per heavy atom. The Morgan fingerprint density at radius 1 is 1.00 bits per heavy atom. The van der Waals surface area contributed by atoms with Crippen molar-refractivity contribution in [2.24, 2.45) is 0 Å². The van der Waals surface area contributed by atoms with Gasteiger partial charge in [-0.1, -0.05) is 30.3 Å². The highest BCUT2D eigenvalue weighted by Crippen LogP contribution is 2.19. The molecule has 3 rings (SSSR count). The second-order valence-electron chi connectivity index (χ2n) is 5.76. The number of nitrogens with one attached hydrogen (secondary N) is 2. The summed E-state index contributed by atoms with van der Waals surface area (Å²) >= 11 is 0.